The van der Waals surface area contributed by atoms with Crippen molar-refractivity contribution in [1.29, 1.82) is 0 Å². The zero-order chi connectivity index (χ0) is 24.1. The van der Waals surface area contributed by atoms with Gasteiger partial charge in [-0.2, -0.15) is 0 Å². The Hall–Kier alpha value is -3.97. The van der Waals surface area contributed by atoms with Crippen molar-refractivity contribution in [3.8, 4) is 11.5 Å². The number of carboxylic acid groups (broad SMARTS) is 1. The van der Waals surface area contributed by atoms with E-state index in [9.17, 15) is 15.0 Å². The maximum atomic E-state index is 11.3. The molecule has 2 N–H and O–H groups in total. The molecule has 0 saturated carbocycles. The number of hydrogen-bond donors (Lipinski definition) is 2. The molecule has 0 unspecified atom stereocenters. The highest BCUT2D eigenvalue weighted by Crippen LogP contribution is 2.30. The third kappa shape index (κ3) is 5.15. The minimum atomic E-state index is -1.08. The summed E-state index contributed by atoms with van der Waals surface area (Å²) in [6, 6.07) is 24.7. The van der Waals surface area contributed by atoms with E-state index in [2.05, 4.69) is 0 Å². The number of amides is 1. The molecule has 4 rings (SSSR count). The lowest BCUT2D eigenvalue weighted by molar-refractivity contribution is 0.0850. The number of likely N-dealkylation sites (N-methyl/N-ethyl adjacent to an activating group) is 1. The number of rotatable bonds is 9. The molecule has 0 saturated heterocycles. The van der Waals surface area contributed by atoms with Gasteiger partial charge in [-0.05, 0) is 47.5 Å². The van der Waals surface area contributed by atoms with Crippen LogP contribution in [0, 0.1) is 0 Å². The summed E-state index contributed by atoms with van der Waals surface area (Å²) in [5.74, 6) is 1.54. The molecule has 2 atom stereocenters. The summed E-state index contributed by atoms with van der Waals surface area (Å²) < 4.78 is 13.2. The maximum Gasteiger partial charge on any atom is 0.407 e. The van der Waals surface area contributed by atoms with E-state index in [0.717, 1.165) is 38.4 Å². The predicted molar refractivity (Wildman–Crippen MR) is 131 cm³/mol. The molecule has 1 aromatic heterocycles. The summed E-state index contributed by atoms with van der Waals surface area (Å²) in [6.07, 6.45) is -0.105. The van der Waals surface area contributed by atoms with Crippen molar-refractivity contribution in [1.82, 2.24) is 9.47 Å². The zero-order valence-electron chi connectivity index (χ0n) is 19.2. The number of aliphatic hydroxyl groups is 1. The predicted octanol–water partition coefficient (Wildman–Crippen LogP) is 4.79. The Morgan fingerprint density at radius 1 is 1.00 bits per heavy atom. The van der Waals surface area contributed by atoms with E-state index in [0.29, 0.717) is 6.61 Å². The fourth-order valence-corrected chi connectivity index (χ4v) is 4.04. The van der Waals surface area contributed by atoms with Crippen LogP contribution in [-0.4, -0.2) is 52.6 Å². The monoisotopic (exact) mass is 460 g/mol. The van der Waals surface area contributed by atoms with E-state index < -0.39 is 18.2 Å². The third-order valence-corrected chi connectivity index (χ3v) is 5.85. The van der Waals surface area contributed by atoms with Crippen LogP contribution in [0.1, 0.15) is 17.2 Å². The van der Waals surface area contributed by atoms with E-state index in [1.807, 2.05) is 89.6 Å². The average molecular weight is 461 g/mol. The lowest BCUT2D eigenvalue weighted by Gasteiger charge is -2.28. The van der Waals surface area contributed by atoms with Crippen LogP contribution in [0.25, 0.3) is 10.9 Å². The van der Waals surface area contributed by atoms with Gasteiger partial charge < -0.3 is 29.2 Å². The first kappa shape index (κ1) is 23.2. The summed E-state index contributed by atoms with van der Waals surface area (Å²) in [5.41, 5.74) is 2.85. The lowest BCUT2D eigenvalue weighted by Crippen LogP contribution is -2.38. The molecule has 176 valence electrons. The minimum Gasteiger partial charge on any atom is -0.497 e. The average Bonchev–Trinajstić information content (AvgIpc) is 3.26. The molecule has 4 aromatic rings. The highest BCUT2D eigenvalue weighted by atomic mass is 16.5. The largest absolute Gasteiger partial charge is 0.497 e. The molecule has 34 heavy (non-hydrogen) atoms. The summed E-state index contributed by atoms with van der Waals surface area (Å²) in [6.45, 7) is 0.417. The highest BCUT2D eigenvalue weighted by Gasteiger charge is 2.26. The Morgan fingerprint density at radius 3 is 2.38 bits per heavy atom. The van der Waals surface area contributed by atoms with Crippen LogP contribution in [0.2, 0.25) is 0 Å². The van der Waals surface area contributed by atoms with E-state index in [4.69, 9.17) is 9.47 Å². The molecule has 0 aliphatic heterocycles. The van der Waals surface area contributed by atoms with Crippen LogP contribution < -0.4 is 9.47 Å². The van der Waals surface area contributed by atoms with Crippen LogP contribution >= 0.6 is 0 Å². The minimum absolute atomic E-state index is 0.0162. The fraction of sp³-hybridized carbons (Fsp3) is 0.222. The Kier molecular flexibility index (Phi) is 7.04. The number of nitrogens with zero attached hydrogens (tertiary/aromatic N) is 2. The molecule has 3 aromatic carbocycles. The van der Waals surface area contributed by atoms with Crippen LogP contribution in [0.5, 0.6) is 11.5 Å². The maximum absolute atomic E-state index is 11.3. The second-order valence-corrected chi connectivity index (χ2v) is 8.17. The van der Waals surface area contributed by atoms with Gasteiger partial charge in [-0.3, -0.25) is 0 Å². The SMILES string of the molecule is COc1ccc(COc2ccc3c(ccn3[C@@H](c3ccccc3)[C@H](O)CN(C)C(=O)O)c2)cc1. The number of benzene rings is 3. The van der Waals surface area contributed by atoms with Gasteiger partial charge in [0.2, 0.25) is 0 Å². The first-order valence-corrected chi connectivity index (χ1v) is 11.0. The molecule has 0 radical (unpaired) electrons. The molecular weight excluding hydrogens is 432 g/mol. The lowest BCUT2D eigenvalue weighted by atomic mass is 10.0. The molecule has 0 aliphatic rings. The third-order valence-electron chi connectivity index (χ3n) is 5.85. The van der Waals surface area contributed by atoms with Gasteiger partial charge in [0.25, 0.3) is 0 Å². The summed E-state index contributed by atoms with van der Waals surface area (Å²) in [5, 5.41) is 21.3. The van der Waals surface area contributed by atoms with E-state index in [1.54, 1.807) is 7.11 Å². The van der Waals surface area contributed by atoms with Crippen molar-refractivity contribution in [3.05, 3.63) is 96.2 Å². The summed E-state index contributed by atoms with van der Waals surface area (Å²) >= 11 is 0. The Bertz CT molecular complexity index is 1240. The van der Waals surface area contributed by atoms with Crippen LogP contribution in [0.3, 0.4) is 0 Å². The molecule has 1 heterocycles. The number of methoxy groups -OCH3 is 1. The Labute approximate surface area is 198 Å². The molecule has 0 bridgehead atoms. The number of fused-ring (bicyclic) bond motifs is 1. The zero-order valence-corrected chi connectivity index (χ0v) is 19.2. The van der Waals surface area contributed by atoms with Gasteiger partial charge in [0.05, 0.1) is 25.8 Å². The van der Waals surface area contributed by atoms with Gasteiger partial charge in [-0.1, -0.05) is 42.5 Å². The Balaban J connectivity index is 1.59. The number of aliphatic hydroxyl groups excluding tert-OH is 1. The van der Waals surface area contributed by atoms with Crippen molar-refractivity contribution in [3.63, 3.8) is 0 Å². The van der Waals surface area contributed by atoms with E-state index in [1.165, 1.54) is 7.05 Å². The highest BCUT2D eigenvalue weighted by molar-refractivity contribution is 5.82. The smallest absolute Gasteiger partial charge is 0.407 e. The number of ether oxygens (including phenoxy) is 2. The van der Waals surface area contributed by atoms with Gasteiger partial charge in [-0.15, -0.1) is 0 Å². The number of aromatic nitrogens is 1. The second-order valence-electron chi connectivity index (χ2n) is 8.17. The Morgan fingerprint density at radius 2 is 1.71 bits per heavy atom. The van der Waals surface area contributed by atoms with Crippen LogP contribution in [0.4, 0.5) is 4.79 Å². The van der Waals surface area contributed by atoms with E-state index >= 15 is 0 Å². The van der Waals surface area contributed by atoms with Gasteiger partial charge in [0.15, 0.2) is 0 Å². The molecule has 1 amide bonds. The molecule has 0 fully saturated rings. The topological polar surface area (TPSA) is 84.2 Å². The normalized spacial score (nSPS) is 12.8. The van der Waals surface area contributed by atoms with Crippen molar-refractivity contribution in [2.45, 2.75) is 18.8 Å². The first-order valence-electron chi connectivity index (χ1n) is 11.0. The quantitative estimate of drug-likeness (QED) is 0.375. The summed E-state index contributed by atoms with van der Waals surface area (Å²) in [4.78, 5) is 12.4. The number of hydrogen-bond acceptors (Lipinski definition) is 4. The second kappa shape index (κ2) is 10.3. The number of carbonyl (C=O) groups is 1. The standard InChI is InChI=1S/C27H28N2O5/c1-28(27(31)32)17-25(30)26(20-6-4-3-5-7-20)29-15-14-21-16-23(12-13-24(21)29)34-18-19-8-10-22(33-2)11-9-19/h3-16,25-26,30H,17-18H2,1-2H3,(H,31,32)/t25-,26+/m1/s1. The molecule has 0 aliphatic carbocycles. The fourth-order valence-electron chi connectivity index (χ4n) is 4.04. The van der Waals surface area contributed by atoms with Crippen LogP contribution in [-0.2, 0) is 6.61 Å². The first-order chi connectivity index (χ1) is 16.5. The van der Waals surface area contributed by atoms with Crippen molar-refractivity contribution in [2.24, 2.45) is 0 Å². The van der Waals surface area contributed by atoms with Crippen molar-refractivity contribution < 1.29 is 24.5 Å². The summed E-state index contributed by atoms with van der Waals surface area (Å²) in [7, 11) is 3.09. The molecule has 0 spiro atoms. The van der Waals surface area contributed by atoms with Gasteiger partial charge in [-0.25, -0.2) is 4.79 Å². The molecule has 7 nitrogen and oxygen atoms in total. The van der Waals surface area contributed by atoms with Gasteiger partial charge >= 0.3 is 6.09 Å². The van der Waals surface area contributed by atoms with Gasteiger partial charge in [0.1, 0.15) is 18.1 Å². The van der Waals surface area contributed by atoms with Crippen molar-refractivity contribution in [2.75, 3.05) is 20.7 Å². The van der Waals surface area contributed by atoms with Crippen LogP contribution in [0.15, 0.2) is 85.1 Å². The van der Waals surface area contributed by atoms with E-state index in [-0.39, 0.29) is 6.54 Å². The van der Waals surface area contributed by atoms with Gasteiger partial charge in [0, 0.05) is 24.1 Å². The van der Waals surface area contributed by atoms with Crippen molar-refractivity contribution >= 4 is 17.0 Å². The molecule has 7 heteroatoms. The molecular formula is C27H28N2O5.